The van der Waals surface area contributed by atoms with Crippen molar-refractivity contribution in [2.24, 2.45) is 11.3 Å². The summed E-state index contributed by atoms with van der Waals surface area (Å²) in [5.74, 6) is -0.138. The van der Waals surface area contributed by atoms with Crippen molar-refractivity contribution in [1.82, 2.24) is 25.8 Å². The van der Waals surface area contributed by atoms with E-state index < -0.39 is 12.1 Å². The topological polar surface area (TPSA) is 103 Å². The summed E-state index contributed by atoms with van der Waals surface area (Å²) < 4.78 is 19.0. The Labute approximate surface area is 242 Å². The minimum Gasteiger partial charge on any atom is -0.447 e. The van der Waals surface area contributed by atoms with Gasteiger partial charge >= 0.3 is 6.09 Å². The Hall–Kier alpha value is -2.72. The molecule has 0 bridgehead atoms. The van der Waals surface area contributed by atoms with Gasteiger partial charge in [0.15, 0.2) is 0 Å². The van der Waals surface area contributed by atoms with E-state index >= 15 is 0 Å². The van der Waals surface area contributed by atoms with Crippen molar-refractivity contribution in [2.75, 3.05) is 45.9 Å². The second kappa shape index (κ2) is 12.7. The van der Waals surface area contributed by atoms with Crippen molar-refractivity contribution in [2.45, 2.75) is 82.8 Å². The van der Waals surface area contributed by atoms with Gasteiger partial charge in [0.25, 0.3) is 0 Å². The third kappa shape index (κ3) is 6.85. The molecule has 3 amide bonds. The number of piperidine rings is 1. The Morgan fingerprint density at radius 2 is 1.80 bits per heavy atom. The number of carbonyl (C=O) groups is 3. The maximum Gasteiger partial charge on any atom is 0.410 e. The van der Waals surface area contributed by atoms with Crippen LogP contribution in [0.25, 0.3) is 0 Å². The largest absolute Gasteiger partial charge is 0.447 e. The van der Waals surface area contributed by atoms with Gasteiger partial charge in [-0.3, -0.25) is 14.5 Å². The van der Waals surface area contributed by atoms with Gasteiger partial charge in [0.2, 0.25) is 11.8 Å². The summed E-state index contributed by atoms with van der Waals surface area (Å²) in [4.78, 5) is 43.7. The summed E-state index contributed by atoms with van der Waals surface area (Å²) in [5.41, 5.74) is 0.381. The number of likely N-dealkylation sites (tertiary alicyclic amines) is 1. The fourth-order valence-electron chi connectivity index (χ4n) is 7.21. The molecule has 2 atom stereocenters. The van der Waals surface area contributed by atoms with Crippen molar-refractivity contribution >= 4 is 17.9 Å². The van der Waals surface area contributed by atoms with Crippen molar-refractivity contribution in [3.8, 4) is 0 Å². The van der Waals surface area contributed by atoms with Crippen LogP contribution in [0.1, 0.15) is 64.4 Å². The summed E-state index contributed by atoms with van der Waals surface area (Å²) in [7, 11) is 0. The van der Waals surface area contributed by atoms with Gasteiger partial charge in [-0.05, 0) is 68.6 Å². The molecule has 41 heavy (non-hydrogen) atoms. The van der Waals surface area contributed by atoms with Crippen LogP contribution in [-0.2, 0) is 20.7 Å². The molecule has 0 unspecified atom stereocenters. The molecule has 1 aromatic rings. The predicted octanol–water partition coefficient (Wildman–Crippen LogP) is 2.83. The first-order valence-corrected chi connectivity index (χ1v) is 15.4. The first-order chi connectivity index (χ1) is 19.7. The normalized spacial score (nSPS) is 25.4. The molecule has 226 valence electrons. The van der Waals surface area contributed by atoms with Crippen LogP contribution in [0.3, 0.4) is 0 Å². The van der Waals surface area contributed by atoms with E-state index in [-0.39, 0.29) is 34.7 Å². The second-order valence-corrected chi connectivity index (χ2v) is 13.1. The number of piperazine rings is 1. The Bertz CT molecular complexity index is 1080. The zero-order chi connectivity index (χ0) is 29.0. The summed E-state index contributed by atoms with van der Waals surface area (Å²) in [6.45, 7) is 8.32. The highest BCUT2D eigenvalue weighted by molar-refractivity contribution is 5.90. The van der Waals surface area contributed by atoms with E-state index in [1.807, 2.05) is 9.80 Å². The smallest absolute Gasteiger partial charge is 0.410 e. The lowest BCUT2D eigenvalue weighted by Crippen LogP contribution is -2.61. The zero-order valence-corrected chi connectivity index (χ0v) is 24.6. The lowest BCUT2D eigenvalue weighted by Gasteiger charge is -2.51. The maximum absolute atomic E-state index is 14.0. The maximum atomic E-state index is 14.0. The first kappa shape index (κ1) is 29.8. The molecule has 4 aliphatic rings. The van der Waals surface area contributed by atoms with Crippen LogP contribution in [0, 0.1) is 17.2 Å². The highest BCUT2D eigenvalue weighted by Gasteiger charge is 2.49. The third-order valence-corrected chi connectivity index (χ3v) is 9.84. The van der Waals surface area contributed by atoms with E-state index in [1.165, 1.54) is 31.4 Å². The fourth-order valence-corrected chi connectivity index (χ4v) is 7.21. The molecule has 3 heterocycles. The van der Waals surface area contributed by atoms with Gasteiger partial charge in [-0.2, -0.15) is 0 Å². The lowest BCUT2D eigenvalue weighted by atomic mass is 9.63. The molecular weight excluding hydrogens is 525 g/mol. The van der Waals surface area contributed by atoms with Crippen LogP contribution in [0.5, 0.6) is 0 Å². The predicted molar refractivity (Wildman–Crippen MR) is 154 cm³/mol. The van der Waals surface area contributed by atoms with Gasteiger partial charge in [0.1, 0.15) is 18.5 Å². The molecule has 1 aliphatic carbocycles. The number of hydrogen-bond acceptors (Lipinski definition) is 6. The third-order valence-electron chi connectivity index (χ3n) is 9.84. The second-order valence-electron chi connectivity index (χ2n) is 13.1. The first-order valence-electron chi connectivity index (χ1n) is 15.4. The van der Waals surface area contributed by atoms with Gasteiger partial charge in [0.05, 0.1) is 11.6 Å². The number of amides is 3. The number of hydrogen-bond donors (Lipinski definition) is 3. The number of rotatable bonds is 8. The molecule has 0 spiro atoms. The fraction of sp³-hybridized carbons (Fsp3) is 0.710. The molecule has 3 saturated heterocycles. The van der Waals surface area contributed by atoms with Gasteiger partial charge in [-0.1, -0.05) is 31.4 Å². The Morgan fingerprint density at radius 1 is 1.10 bits per heavy atom. The van der Waals surface area contributed by atoms with Gasteiger partial charge < -0.3 is 25.6 Å². The van der Waals surface area contributed by atoms with Crippen molar-refractivity contribution in [3.05, 3.63) is 35.6 Å². The number of nitrogens with one attached hydrogen (secondary N) is 3. The van der Waals surface area contributed by atoms with Crippen LogP contribution < -0.4 is 16.0 Å². The van der Waals surface area contributed by atoms with Gasteiger partial charge in [-0.15, -0.1) is 0 Å². The van der Waals surface area contributed by atoms with Crippen LogP contribution in [0.15, 0.2) is 24.3 Å². The van der Waals surface area contributed by atoms with E-state index in [4.69, 9.17) is 4.74 Å². The van der Waals surface area contributed by atoms with Crippen molar-refractivity contribution in [3.63, 3.8) is 0 Å². The number of carbonyl (C=O) groups excluding carboxylic acids is 3. The molecule has 1 saturated carbocycles. The molecule has 0 radical (unpaired) electrons. The monoisotopic (exact) mass is 571 g/mol. The average molecular weight is 572 g/mol. The average Bonchev–Trinajstić information content (AvgIpc) is 3.25. The molecule has 3 N–H and O–H groups in total. The molecule has 4 fully saturated rings. The lowest BCUT2D eigenvalue weighted by molar-refractivity contribution is -0.140. The van der Waals surface area contributed by atoms with Crippen LogP contribution in [0.2, 0.25) is 0 Å². The molecule has 0 aromatic heterocycles. The number of cyclic esters (lactones) is 1. The Morgan fingerprint density at radius 3 is 2.41 bits per heavy atom. The van der Waals surface area contributed by atoms with Gasteiger partial charge in [0, 0.05) is 45.7 Å². The van der Waals surface area contributed by atoms with E-state index in [1.54, 1.807) is 12.1 Å². The van der Waals surface area contributed by atoms with Crippen LogP contribution >= 0.6 is 0 Å². The minimum absolute atomic E-state index is 0.0643. The zero-order valence-electron chi connectivity index (χ0n) is 24.6. The summed E-state index contributed by atoms with van der Waals surface area (Å²) in [6.07, 6.45) is 7.66. The van der Waals surface area contributed by atoms with E-state index in [0.29, 0.717) is 51.7 Å². The van der Waals surface area contributed by atoms with Crippen molar-refractivity contribution in [1.29, 1.82) is 0 Å². The quantitative estimate of drug-likeness (QED) is 0.444. The van der Waals surface area contributed by atoms with Crippen LogP contribution in [-0.4, -0.2) is 91.2 Å². The molecule has 1 aromatic carbocycles. The summed E-state index contributed by atoms with van der Waals surface area (Å²) in [5, 5.41) is 9.44. The number of benzene rings is 1. The molecule has 9 nitrogen and oxygen atoms in total. The SMILES string of the molecule is CC1(C)COC(=O)N1CC1(C2CCCCC2)CCN(C(=O)[C@@H](Cc2ccc(F)cc2)NC(=O)[C@H]2CNCCN2)CC1. The van der Waals surface area contributed by atoms with Crippen LogP contribution in [0.4, 0.5) is 9.18 Å². The highest BCUT2D eigenvalue weighted by Crippen LogP contribution is 2.48. The Balaban J connectivity index is 1.31. The molecular formula is C31H46FN5O4. The molecule has 10 heteroatoms. The van der Waals surface area contributed by atoms with Crippen molar-refractivity contribution < 1.29 is 23.5 Å². The summed E-state index contributed by atoms with van der Waals surface area (Å²) >= 11 is 0. The molecule has 5 rings (SSSR count). The van der Waals surface area contributed by atoms with E-state index in [9.17, 15) is 18.8 Å². The Kier molecular flexibility index (Phi) is 9.18. The molecule has 3 aliphatic heterocycles. The van der Waals surface area contributed by atoms with E-state index in [2.05, 4.69) is 29.8 Å². The van der Waals surface area contributed by atoms with E-state index in [0.717, 1.165) is 37.8 Å². The number of ether oxygens (including phenoxy) is 1. The number of nitrogens with zero attached hydrogens (tertiary/aromatic N) is 2. The summed E-state index contributed by atoms with van der Waals surface area (Å²) in [6, 6.07) is 4.96. The standard InChI is InChI=1S/C31H46FN5O4/c1-30(2)21-41-29(40)37(30)20-31(23-6-4-3-5-7-23)12-16-36(17-13-31)28(39)25(18-22-8-10-24(32)11-9-22)35-27(38)26-19-33-14-15-34-26/h8-11,23,25-26,33-34H,3-7,12-21H2,1-2H3,(H,35,38)/t25-,26-/m1/s1. The highest BCUT2D eigenvalue weighted by atomic mass is 19.1. The van der Waals surface area contributed by atoms with Gasteiger partial charge in [-0.25, -0.2) is 9.18 Å². The number of halogens is 1. The minimum atomic E-state index is -0.744.